The summed E-state index contributed by atoms with van der Waals surface area (Å²) in [6, 6.07) is 8.21. The molecule has 5 heteroatoms. The summed E-state index contributed by atoms with van der Waals surface area (Å²) in [5.74, 6) is 0.598. The van der Waals surface area contributed by atoms with Gasteiger partial charge in [0.15, 0.2) is 0 Å². The topological polar surface area (TPSA) is 50.4 Å². The number of benzene rings is 1. The molecule has 2 heterocycles. The molecule has 0 aliphatic carbocycles. The van der Waals surface area contributed by atoms with Crippen molar-refractivity contribution in [3.63, 3.8) is 0 Å². The molecule has 1 aromatic rings. The zero-order valence-corrected chi connectivity index (χ0v) is 12.2. The lowest BCUT2D eigenvalue weighted by Crippen LogP contribution is -2.48. The second-order valence-corrected chi connectivity index (χ2v) is 5.38. The first kappa shape index (κ1) is 15.3. The maximum absolute atomic E-state index is 12.2. The van der Waals surface area contributed by atoms with Crippen LogP contribution in [0, 0.1) is 5.92 Å². The molecule has 2 N–H and O–H groups in total. The Bertz CT molecular complexity index is 461. The van der Waals surface area contributed by atoms with Crippen LogP contribution in [0.2, 0.25) is 0 Å². The average molecular weight is 297 g/mol. The van der Waals surface area contributed by atoms with Crippen molar-refractivity contribution >= 4 is 18.3 Å². The van der Waals surface area contributed by atoms with Crippen molar-refractivity contribution in [3.05, 3.63) is 35.4 Å². The van der Waals surface area contributed by atoms with Crippen LogP contribution in [0.25, 0.3) is 0 Å². The Labute approximate surface area is 125 Å². The van der Waals surface area contributed by atoms with E-state index >= 15 is 0 Å². The number of carbonyl (C=O) groups is 1. The Morgan fingerprint density at radius 1 is 1.35 bits per heavy atom. The predicted molar refractivity (Wildman–Crippen MR) is 80.0 cm³/mol. The molecule has 0 spiro atoms. The van der Waals surface area contributed by atoms with Crippen LogP contribution in [-0.2, 0) is 22.5 Å². The molecular formula is C15H21ClN2O2. The van der Waals surface area contributed by atoms with Gasteiger partial charge in [0.2, 0.25) is 5.91 Å². The van der Waals surface area contributed by atoms with Crippen molar-refractivity contribution in [1.82, 2.24) is 10.6 Å². The van der Waals surface area contributed by atoms with Gasteiger partial charge in [-0.25, -0.2) is 0 Å². The third kappa shape index (κ3) is 3.51. The molecule has 2 aliphatic rings. The summed E-state index contributed by atoms with van der Waals surface area (Å²) in [7, 11) is 0. The van der Waals surface area contributed by atoms with Gasteiger partial charge in [0.1, 0.15) is 0 Å². The van der Waals surface area contributed by atoms with Crippen LogP contribution in [0.5, 0.6) is 0 Å². The fourth-order valence-corrected chi connectivity index (χ4v) is 2.75. The smallest absolute Gasteiger partial charge is 0.237 e. The van der Waals surface area contributed by atoms with Crippen LogP contribution in [0.4, 0.5) is 0 Å². The Hall–Kier alpha value is -1.10. The number of halogens is 1. The summed E-state index contributed by atoms with van der Waals surface area (Å²) in [4.78, 5) is 12.2. The lowest BCUT2D eigenvalue weighted by molar-refractivity contribution is -0.123. The molecule has 4 nitrogen and oxygen atoms in total. The molecule has 0 bridgehead atoms. The molecule has 2 atom stereocenters. The third-order valence-corrected chi connectivity index (χ3v) is 3.99. The van der Waals surface area contributed by atoms with E-state index in [0.29, 0.717) is 5.92 Å². The molecule has 110 valence electrons. The molecule has 2 unspecified atom stereocenters. The maximum atomic E-state index is 12.2. The normalized spacial score (nSPS) is 24.6. The van der Waals surface area contributed by atoms with E-state index in [4.69, 9.17) is 4.74 Å². The minimum atomic E-state index is -0.0998. The van der Waals surface area contributed by atoms with Crippen molar-refractivity contribution in [2.24, 2.45) is 5.92 Å². The lowest BCUT2D eigenvalue weighted by Gasteiger charge is -2.25. The molecule has 20 heavy (non-hydrogen) atoms. The first-order chi connectivity index (χ1) is 9.33. The molecule has 1 saturated heterocycles. The van der Waals surface area contributed by atoms with Crippen LogP contribution >= 0.6 is 12.4 Å². The maximum Gasteiger partial charge on any atom is 0.237 e. The molecule has 1 fully saturated rings. The molecular weight excluding hydrogens is 276 g/mol. The molecule has 1 aromatic carbocycles. The second kappa shape index (κ2) is 7.07. The first-order valence-electron chi connectivity index (χ1n) is 6.98. The van der Waals surface area contributed by atoms with Gasteiger partial charge in [-0.05, 0) is 24.0 Å². The number of hydrogen-bond donors (Lipinski definition) is 2. The van der Waals surface area contributed by atoms with E-state index in [0.717, 1.165) is 39.1 Å². The molecule has 2 aliphatic heterocycles. The molecule has 0 radical (unpaired) electrons. The molecule has 3 rings (SSSR count). The number of hydrogen-bond acceptors (Lipinski definition) is 3. The number of fused-ring (bicyclic) bond motifs is 1. The van der Waals surface area contributed by atoms with Gasteiger partial charge < -0.3 is 15.4 Å². The van der Waals surface area contributed by atoms with Crippen molar-refractivity contribution in [1.29, 1.82) is 0 Å². The van der Waals surface area contributed by atoms with Gasteiger partial charge in [0.25, 0.3) is 0 Å². The summed E-state index contributed by atoms with van der Waals surface area (Å²) in [6.45, 7) is 3.12. The highest BCUT2D eigenvalue weighted by atomic mass is 35.5. The Morgan fingerprint density at radius 3 is 2.90 bits per heavy atom. The van der Waals surface area contributed by atoms with Gasteiger partial charge in [-0.2, -0.15) is 0 Å². The summed E-state index contributed by atoms with van der Waals surface area (Å²) < 4.78 is 5.31. The Kier molecular flexibility index (Phi) is 5.40. The minimum absolute atomic E-state index is 0. The van der Waals surface area contributed by atoms with E-state index in [1.165, 1.54) is 11.1 Å². The summed E-state index contributed by atoms with van der Waals surface area (Å²) >= 11 is 0. The number of ether oxygens (including phenoxy) is 1. The van der Waals surface area contributed by atoms with Gasteiger partial charge in [-0.15, -0.1) is 12.4 Å². The van der Waals surface area contributed by atoms with E-state index in [1.807, 2.05) is 12.1 Å². The highest BCUT2D eigenvalue weighted by Gasteiger charge is 2.24. The monoisotopic (exact) mass is 296 g/mol. The van der Waals surface area contributed by atoms with Gasteiger partial charge >= 0.3 is 0 Å². The van der Waals surface area contributed by atoms with Gasteiger partial charge in [0, 0.05) is 25.6 Å². The second-order valence-electron chi connectivity index (χ2n) is 5.38. The van der Waals surface area contributed by atoms with Crippen LogP contribution in [0.3, 0.4) is 0 Å². The van der Waals surface area contributed by atoms with Crippen LogP contribution in [-0.4, -0.2) is 31.7 Å². The average Bonchev–Trinajstić information content (AvgIpc) is 2.97. The van der Waals surface area contributed by atoms with Crippen LogP contribution in [0.15, 0.2) is 24.3 Å². The predicted octanol–water partition coefficient (Wildman–Crippen LogP) is 1.28. The molecule has 0 saturated carbocycles. The number of carbonyl (C=O) groups excluding carboxylic acids is 1. The van der Waals surface area contributed by atoms with Crippen molar-refractivity contribution < 1.29 is 9.53 Å². The highest BCUT2D eigenvalue weighted by molar-refractivity contribution is 5.85. The SMILES string of the molecule is Cl.O=C(NCC1CCOC1)C1Cc2ccccc2CN1. The van der Waals surface area contributed by atoms with E-state index in [9.17, 15) is 4.79 Å². The molecule has 1 amide bonds. The highest BCUT2D eigenvalue weighted by Crippen LogP contribution is 2.16. The fourth-order valence-electron chi connectivity index (χ4n) is 2.75. The summed E-state index contributed by atoms with van der Waals surface area (Å²) in [5, 5.41) is 6.35. The van der Waals surface area contributed by atoms with Gasteiger partial charge in [0.05, 0.1) is 12.6 Å². The van der Waals surface area contributed by atoms with E-state index < -0.39 is 0 Å². The summed E-state index contributed by atoms with van der Waals surface area (Å²) in [5.41, 5.74) is 2.58. The molecule has 0 aromatic heterocycles. The van der Waals surface area contributed by atoms with E-state index in [2.05, 4.69) is 22.8 Å². The quantitative estimate of drug-likeness (QED) is 0.883. The number of nitrogens with one attached hydrogen (secondary N) is 2. The largest absolute Gasteiger partial charge is 0.381 e. The van der Waals surface area contributed by atoms with E-state index in [1.54, 1.807) is 0 Å². The van der Waals surface area contributed by atoms with Crippen molar-refractivity contribution in [2.75, 3.05) is 19.8 Å². The standard InChI is InChI=1S/C15H20N2O2.ClH/c18-15(17-8-11-5-6-19-10-11)14-7-12-3-1-2-4-13(12)9-16-14;/h1-4,11,14,16H,5-10H2,(H,17,18);1H. The summed E-state index contributed by atoms with van der Waals surface area (Å²) in [6.07, 6.45) is 1.84. The minimum Gasteiger partial charge on any atom is -0.381 e. The van der Waals surface area contributed by atoms with Crippen LogP contribution < -0.4 is 10.6 Å². The lowest BCUT2D eigenvalue weighted by atomic mass is 9.95. The number of rotatable bonds is 3. The third-order valence-electron chi connectivity index (χ3n) is 3.99. The van der Waals surface area contributed by atoms with Crippen molar-refractivity contribution in [3.8, 4) is 0 Å². The van der Waals surface area contributed by atoms with Crippen LogP contribution in [0.1, 0.15) is 17.5 Å². The zero-order valence-electron chi connectivity index (χ0n) is 11.4. The van der Waals surface area contributed by atoms with Gasteiger partial charge in [-0.3, -0.25) is 4.79 Å². The fraction of sp³-hybridized carbons (Fsp3) is 0.533. The van der Waals surface area contributed by atoms with Crippen molar-refractivity contribution in [2.45, 2.75) is 25.4 Å². The van der Waals surface area contributed by atoms with Gasteiger partial charge in [-0.1, -0.05) is 24.3 Å². The zero-order chi connectivity index (χ0) is 13.1. The van der Waals surface area contributed by atoms with E-state index in [-0.39, 0.29) is 24.4 Å². The Morgan fingerprint density at radius 2 is 2.15 bits per heavy atom. The first-order valence-corrected chi connectivity index (χ1v) is 6.98. The number of amides is 1. The Balaban J connectivity index is 0.00000147.